The van der Waals surface area contributed by atoms with Crippen molar-refractivity contribution < 1.29 is 13.2 Å². The van der Waals surface area contributed by atoms with Crippen LogP contribution in [0.5, 0.6) is 0 Å². The second-order valence-electron chi connectivity index (χ2n) is 4.20. The third kappa shape index (κ3) is 5.19. The second-order valence-corrected chi connectivity index (χ2v) is 7.28. The third-order valence-electron chi connectivity index (χ3n) is 2.52. The molecule has 0 aliphatic heterocycles. The summed E-state index contributed by atoms with van der Waals surface area (Å²) in [4.78, 5) is 1.99. The van der Waals surface area contributed by atoms with Crippen LogP contribution in [0, 0.1) is 6.92 Å². The highest BCUT2D eigenvalue weighted by Crippen LogP contribution is 2.25. The van der Waals surface area contributed by atoms with E-state index in [4.69, 9.17) is 10.5 Å². The molecule has 0 spiro atoms. The molecule has 3 N–H and O–H groups in total. The van der Waals surface area contributed by atoms with Crippen LogP contribution in [0.15, 0.2) is 11.0 Å². The highest BCUT2D eigenvalue weighted by atomic mass is 32.2. The molecule has 19 heavy (non-hydrogen) atoms. The van der Waals surface area contributed by atoms with Crippen molar-refractivity contribution >= 4 is 21.4 Å². The summed E-state index contributed by atoms with van der Waals surface area (Å²) in [6, 6.07) is 1.65. The summed E-state index contributed by atoms with van der Waals surface area (Å²) in [6.45, 7) is 5.88. The second kappa shape index (κ2) is 7.96. The number of aryl methyl sites for hydroxylation is 1. The van der Waals surface area contributed by atoms with Crippen molar-refractivity contribution in [2.45, 2.75) is 38.1 Å². The lowest BCUT2D eigenvalue weighted by atomic mass is 10.4. The molecule has 0 atom stereocenters. The number of sulfonamides is 1. The van der Waals surface area contributed by atoms with E-state index in [1.54, 1.807) is 13.0 Å². The molecule has 0 saturated carbocycles. The lowest BCUT2D eigenvalue weighted by Gasteiger charge is -2.06. The molecule has 0 bridgehead atoms. The normalized spacial score (nSPS) is 11.9. The van der Waals surface area contributed by atoms with Gasteiger partial charge in [0.2, 0.25) is 10.0 Å². The molecule has 1 rings (SSSR count). The predicted molar refractivity (Wildman–Crippen MR) is 77.9 cm³/mol. The van der Waals surface area contributed by atoms with E-state index in [9.17, 15) is 8.42 Å². The minimum Gasteiger partial charge on any atom is -0.381 e. The van der Waals surface area contributed by atoms with Crippen LogP contribution in [0.4, 0.5) is 0 Å². The number of thiophene rings is 1. The van der Waals surface area contributed by atoms with E-state index < -0.39 is 10.0 Å². The molecule has 5 nitrogen and oxygen atoms in total. The Morgan fingerprint density at radius 2 is 2.16 bits per heavy atom. The van der Waals surface area contributed by atoms with E-state index in [1.807, 2.05) is 6.92 Å². The van der Waals surface area contributed by atoms with Crippen LogP contribution in [0.3, 0.4) is 0 Å². The van der Waals surface area contributed by atoms with Gasteiger partial charge in [0.25, 0.3) is 0 Å². The monoisotopic (exact) mass is 306 g/mol. The van der Waals surface area contributed by atoms with Crippen molar-refractivity contribution in [2.75, 3.05) is 19.8 Å². The number of ether oxygens (including phenoxy) is 1. The Labute approximate surface area is 119 Å². The molecular weight excluding hydrogens is 284 g/mol. The quantitative estimate of drug-likeness (QED) is 0.679. The van der Waals surface area contributed by atoms with Crippen molar-refractivity contribution in [3.63, 3.8) is 0 Å². The maximum atomic E-state index is 12.1. The summed E-state index contributed by atoms with van der Waals surface area (Å²) >= 11 is 1.42. The van der Waals surface area contributed by atoms with Crippen LogP contribution in [0.1, 0.15) is 29.5 Å². The molecule has 0 unspecified atom stereocenters. The number of nitrogens with two attached hydrogens (primary N) is 1. The first-order chi connectivity index (χ1) is 9.01. The molecule has 0 aromatic carbocycles. The van der Waals surface area contributed by atoms with Gasteiger partial charge in [-0.15, -0.1) is 11.3 Å². The topological polar surface area (TPSA) is 81.4 Å². The summed E-state index contributed by atoms with van der Waals surface area (Å²) in [7, 11) is -3.42. The fraction of sp³-hybridized carbons (Fsp3) is 0.667. The van der Waals surface area contributed by atoms with Crippen molar-refractivity contribution in [3.8, 4) is 0 Å². The molecule has 1 aromatic rings. The highest BCUT2D eigenvalue weighted by Gasteiger charge is 2.18. The van der Waals surface area contributed by atoms with Crippen LogP contribution < -0.4 is 10.5 Å². The molecule has 1 aromatic heterocycles. The molecule has 0 radical (unpaired) electrons. The average Bonchev–Trinajstić information content (AvgIpc) is 2.76. The average molecular weight is 306 g/mol. The first-order valence-corrected chi connectivity index (χ1v) is 8.68. The number of nitrogens with one attached hydrogen (secondary N) is 1. The standard InChI is InChI=1S/C12H22N2O3S2/c1-3-6-17-7-4-5-14-19(15,16)12-8-11(9-13)18-10(12)2/h8,14H,3-7,9,13H2,1-2H3. The van der Waals surface area contributed by atoms with Crippen LogP contribution in [0.2, 0.25) is 0 Å². The van der Waals surface area contributed by atoms with Gasteiger partial charge in [0.1, 0.15) is 0 Å². The van der Waals surface area contributed by atoms with Gasteiger partial charge in [0.05, 0.1) is 4.90 Å². The predicted octanol–water partition coefficient (Wildman–Crippen LogP) is 1.61. The van der Waals surface area contributed by atoms with Gasteiger partial charge in [0, 0.05) is 36.1 Å². The molecule has 0 saturated heterocycles. The smallest absolute Gasteiger partial charge is 0.241 e. The minimum atomic E-state index is -3.42. The van der Waals surface area contributed by atoms with E-state index in [-0.39, 0.29) is 0 Å². The SMILES string of the molecule is CCCOCCCNS(=O)(=O)c1cc(CN)sc1C. The Balaban J connectivity index is 2.49. The van der Waals surface area contributed by atoms with Crippen molar-refractivity contribution in [2.24, 2.45) is 5.73 Å². The van der Waals surface area contributed by atoms with Crippen LogP contribution in [-0.2, 0) is 21.3 Å². The van der Waals surface area contributed by atoms with Gasteiger partial charge in [-0.3, -0.25) is 0 Å². The zero-order chi connectivity index (χ0) is 14.3. The van der Waals surface area contributed by atoms with Crippen molar-refractivity contribution in [1.82, 2.24) is 4.72 Å². The van der Waals surface area contributed by atoms with E-state index in [0.29, 0.717) is 31.0 Å². The third-order valence-corrected chi connectivity index (χ3v) is 5.31. The Morgan fingerprint density at radius 1 is 1.42 bits per heavy atom. The van der Waals surface area contributed by atoms with Gasteiger partial charge in [-0.2, -0.15) is 0 Å². The molecule has 110 valence electrons. The summed E-state index contributed by atoms with van der Waals surface area (Å²) in [5.41, 5.74) is 5.52. The zero-order valence-electron chi connectivity index (χ0n) is 11.4. The Kier molecular flexibility index (Phi) is 6.95. The Hall–Kier alpha value is -0.470. The van der Waals surface area contributed by atoms with Crippen molar-refractivity contribution in [3.05, 3.63) is 15.8 Å². The Morgan fingerprint density at radius 3 is 2.74 bits per heavy atom. The fourth-order valence-corrected chi connectivity index (χ4v) is 4.18. The summed E-state index contributed by atoms with van der Waals surface area (Å²) in [5.74, 6) is 0. The molecule has 0 aliphatic rings. The molecular formula is C12H22N2O3S2. The number of hydrogen-bond acceptors (Lipinski definition) is 5. The minimum absolute atomic E-state index is 0.340. The van der Waals surface area contributed by atoms with Gasteiger partial charge in [0.15, 0.2) is 0 Å². The Bertz CT molecular complexity index is 483. The summed E-state index contributed by atoms with van der Waals surface area (Å²) in [5, 5.41) is 0. The number of hydrogen-bond donors (Lipinski definition) is 2. The van der Waals surface area contributed by atoms with Crippen LogP contribution in [-0.4, -0.2) is 28.2 Å². The summed E-state index contributed by atoms with van der Waals surface area (Å²) < 4.78 is 32.1. The van der Waals surface area contributed by atoms with Gasteiger partial charge < -0.3 is 10.5 Å². The first-order valence-electron chi connectivity index (χ1n) is 6.38. The first kappa shape index (κ1) is 16.6. The van der Waals surface area contributed by atoms with Gasteiger partial charge in [-0.05, 0) is 25.8 Å². The largest absolute Gasteiger partial charge is 0.381 e. The van der Waals surface area contributed by atoms with Crippen LogP contribution >= 0.6 is 11.3 Å². The van der Waals surface area contributed by atoms with Gasteiger partial charge >= 0.3 is 0 Å². The molecule has 1 heterocycles. The summed E-state index contributed by atoms with van der Waals surface area (Å²) in [6.07, 6.45) is 1.65. The van der Waals surface area contributed by atoms with Gasteiger partial charge in [-0.25, -0.2) is 13.1 Å². The van der Waals surface area contributed by atoms with E-state index in [2.05, 4.69) is 4.72 Å². The van der Waals surface area contributed by atoms with Crippen molar-refractivity contribution in [1.29, 1.82) is 0 Å². The molecule has 0 fully saturated rings. The van der Waals surface area contributed by atoms with Gasteiger partial charge in [-0.1, -0.05) is 6.92 Å². The highest BCUT2D eigenvalue weighted by molar-refractivity contribution is 7.89. The fourth-order valence-electron chi connectivity index (χ4n) is 1.60. The zero-order valence-corrected chi connectivity index (χ0v) is 13.1. The number of rotatable bonds is 9. The lowest BCUT2D eigenvalue weighted by molar-refractivity contribution is 0.133. The van der Waals surface area contributed by atoms with Crippen LogP contribution in [0.25, 0.3) is 0 Å². The van der Waals surface area contributed by atoms with E-state index in [1.165, 1.54) is 11.3 Å². The van der Waals surface area contributed by atoms with E-state index in [0.717, 1.165) is 22.8 Å². The molecule has 0 aliphatic carbocycles. The maximum absolute atomic E-state index is 12.1. The molecule has 7 heteroatoms. The molecule has 0 amide bonds. The van der Waals surface area contributed by atoms with E-state index >= 15 is 0 Å². The maximum Gasteiger partial charge on any atom is 0.241 e. The lowest BCUT2D eigenvalue weighted by Crippen LogP contribution is -2.25.